The highest BCUT2D eigenvalue weighted by atomic mass is 32.2. The Labute approximate surface area is 170 Å². The van der Waals surface area contributed by atoms with E-state index in [2.05, 4.69) is 21.6 Å². The molecule has 1 aromatic heterocycles. The third kappa shape index (κ3) is 5.86. The molecule has 1 aliphatic rings. The smallest absolute Gasteiger partial charge is 0.277 e. The van der Waals surface area contributed by atoms with Crippen molar-refractivity contribution in [2.75, 3.05) is 13.2 Å². The molecular weight excluding hydrogens is 374 g/mol. The summed E-state index contributed by atoms with van der Waals surface area (Å²) in [6, 6.07) is 7.49. The van der Waals surface area contributed by atoms with Crippen molar-refractivity contribution in [1.29, 1.82) is 0 Å². The number of carbonyl (C=O) groups is 1. The topological polar surface area (TPSA) is 77.2 Å². The molecule has 3 rings (SSSR count). The van der Waals surface area contributed by atoms with Gasteiger partial charge in [-0.2, -0.15) is 0 Å². The van der Waals surface area contributed by atoms with Gasteiger partial charge in [0.1, 0.15) is 5.75 Å². The van der Waals surface area contributed by atoms with E-state index in [1.807, 2.05) is 38.1 Å². The van der Waals surface area contributed by atoms with Crippen LogP contribution < -0.4 is 10.1 Å². The maximum atomic E-state index is 12.3. The first-order valence-corrected chi connectivity index (χ1v) is 10.7. The molecule has 6 nitrogen and oxygen atoms in total. The summed E-state index contributed by atoms with van der Waals surface area (Å²) in [7, 11) is 0. The number of amides is 1. The van der Waals surface area contributed by atoms with E-state index in [4.69, 9.17) is 9.15 Å². The predicted octanol–water partition coefficient (Wildman–Crippen LogP) is 4.62. The molecule has 1 heterocycles. The predicted molar refractivity (Wildman–Crippen MR) is 110 cm³/mol. The van der Waals surface area contributed by atoms with Crippen LogP contribution in [0.5, 0.6) is 5.75 Å². The van der Waals surface area contributed by atoms with Crippen molar-refractivity contribution in [3.63, 3.8) is 0 Å². The van der Waals surface area contributed by atoms with Crippen molar-refractivity contribution in [2.45, 2.75) is 56.4 Å². The van der Waals surface area contributed by atoms with E-state index in [1.165, 1.54) is 36.6 Å². The molecule has 28 heavy (non-hydrogen) atoms. The molecule has 7 heteroatoms. The molecule has 0 bridgehead atoms. The molecule has 1 aromatic carbocycles. The summed E-state index contributed by atoms with van der Waals surface area (Å²) in [5.41, 5.74) is 2.28. The number of hydrogen-bond donors (Lipinski definition) is 1. The first-order chi connectivity index (χ1) is 13.7. The summed E-state index contributed by atoms with van der Waals surface area (Å²) < 4.78 is 11.1. The fourth-order valence-electron chi connectivity index (χ4n) is 3.06. The minimum atomic E-state index is -0.297. The van der Waals surface area contributed by atoms with Crippen LogP contribution in [0.15, 0.2) is 45.6 Å². The number of ether oxygens (including phenoxy) is 1. The summed E-state index contributed by atoms with van der Waals surface area (Å²) in [5.74, 6) is 1.22. The van der Waals surface area contributed by atoms with Gasteiger partial charge in [-0.15, -0.1) is 10.2 Å². The lowest BCUT2D eigenvalue weighted by Crippen LogP contribution is -2.31. The van der Waals surface area contributed by atoms with Crippen molar-refractivity contribution in [3.8, 4) is 17.2 Å². The molecule has 1 N–H and O–H groups in total. The Morgan fingerprint density at radius 1 is 1.29 bits per heavy atom. The summed E-state index contributed by atoms with van der Waals surface area (Å²) in [6.45, 7) is 5.09. The minimum Gasteiger partial charge on any atom is -0.494 e. The molecule has 150 valence electrons. The highest BCUT2D eigenvalue weighted by molar-refractivity contribution is 8.00. The van der Waals surface area contributed by atoms with Crippen LogP contribution in [-0.4, -0.2) is 34.5 Å². The minimum absolute atomic E-state index is 0.0118. The lowest BCUT2D eigenvalue weighted by molar-refractivity contribution is -0.120. The maximum Gasteiger partial charge on any atom is 0.277 e. The van der Waals surface area contributed by atoms with Gasteiger partial charge in [0, 0.05) is 12.1 Å². The van der Waals surface area contributed by atoms with Crippen LogP contribution in [0.25, 0.3) is 11.5 Å². The maximum absolute atomic E-state index is 12.3. The molecule has 1 aliphatic carbocycles. The Balaban J connectivity index is 1.48. The van der Waals surface area contributed by atoms with E-state index < -0.39 is 0 Å². The number of aromatic nitrogens is 2. The van der Waals surface area contributed by atoms with E-state index in [0.29, 0.717) is 24.3 Å². The van der Waals surface area contributed by atoms with Gasteiger partial charge >= 0.3 is 0 Å². The van der Waals surface area contributed by atoms with E-state index in [1.54, 1.807) is 0 Å². The van der Waals surface area contributed by atoms with Crippen LogP contribution >= 0.6 is 11.8 Å². The summed E-state index contributed by atoms with van der Waals surface area (Å²) >= 11 is 1.27. The summed E-state index contributed by atoms with van der Waals surface area (Å²) in [6.07, 6.45) is 8.13. The number of rotatable bonds is 9. The van der Waals surface area contributed by atoms with E-state index >= 15 is 0 Å². The molecule has 2 aromatic rings. The largest absolute Gasteiger partial charge is 0.494 e. The Bertz CT molecular complexity index is 801. The lowest BCUT2D eigenvalue weighted by atomic mass is 9.97. The summed E-state index contributed by atoms with van der Waals surface area (Å²) in [4.78, 5) is 12.3. The van der Waals surface area contributed by atoms with Crippen LogP contribution in [0, 0.1) is 0 Å². The molecule has 0 radical (unpaired) electrons. The number of allylic oxidation sites excluding steroid dienone is 1. The molecule has 1 atom stereocenters. The average Bonchev–Trinajstić information content (AvgIpc) is 3.18. The van der Waals surface area contributed by atoms with Gasteiger partial charge in [-0.05, 0) is 70.2 Å². The molecule has 0 fully saturated rings. The van der Waals surface area contributed by atoms with Crippen molar-refractivity contribution in [2.24, 2.45) is 0 Å². The van der Waals surface area contributed by atoms with Crippen LogP contribution in [0.4, 0.5) is 0 Å². The number of carbonyl (C=O) groups excluding carboxylic acids is 1. The monoisotopic (exact) mass is 401 g/mol. The first kappa shape index (κ1) is 20.5. The van der Waals surface area contributed by atoms with Crippen molar-refractivity contribution < 1.29 is 13.9 Å². The zero-order valence-electron chi connectivity index (χ0n) is 16.4. The Kier molecular flexibility index (Phi) is 7.54. The first-order valence-electron chi connectivity index (χ1n) is 9.84. The van der Waals surface area contributed by atoms with Gasteiger partial charge in [-0.25, -0.2) is 0 Å². The van der Waals surface area contributed by atoms with Gasteiger partial charge in [0.05, 0.1) is 11.9 Å². The number of hydrogen-bond acceptors (Lipinski definition) is 6. The quantitative estimate of drug-likeness (QED) is 0.488. The Morgan fingerprint density at radius 3 is 2.82 bits per heavy atom. The van der Waals surface area contributed by atoms with Gasteiger partial charge in [-0.3, -0.25) is 4.79 Å². The Hall–Kier alpha value is -2.28. The third-order valence-corrected chi connectivity index (χ3v) is 5.53. The van der Waals surface area contributed by atoms with Gasteiger partial charge < -0.3 is 14.5 Å². The zero-order valence-corrected chi connectivity index (χ0v) is 17.3. The van der Waals surface area contributed by atoms with Gasteiger partial charge in [-0.1, -0.05) is 23.4 Å². The van der Waals surface area contributed by atoms with Crippen LogP contribution in [0.3, 0.4) is 0 Å². The molecule has 1 amide bonds. The molecule has 0 spiro atoms. The van der Waals surface area contributed by atoms with E-state index in [-0.39, 0.29) is 11.2 Å². The van der Waals surface area contributed by atoms with E-state index in [9.17, 15) is 4.79 Å². The zero-order chi connectivity index (χ0) is 19.8. The number of nitrogens with zero attached hydrogens (tertiary/aromatic N) is 2. The van der Waals surface area contributed by atoms with Crippen molar-refractivity contribution in [1.82, 2.24) is 15.5 Å². The molecule has 0 aliphatic heterocycles. The fourth-order valence-corrected chi connectivity index (χ4v) is 3.77. The second kappa shape index (κ2) is 10.3. The van der Waals surface area contributed by atoms with Crippen LogP contribution in [0.1, 0.15) is 46.0 Å². The standard InChI is InChI=1S/C21H27N3O3S/c1-3-26-18-11-9-17(10-12-18)20-23-24-21(27-20)28-15(2)19(25)22-14-13-16-7-5-4-6-8-16/h7,9-12,15H,3-6,8,13-14H2,1-2H3,(H,22,25)/t15-/m1/s1. The third-order valence-electron chi connectivity index (χ3n) is 4.60. The SMILES string of the molecule is CCOc1ccc(-c2nnc(S[C@H](C)C(=O)NCCC3=CCCCC3)o2)cc1. The van der Waals surface area contributed by atoms with Gasteiger partial charge in [0.2, 0.25) is 11.8 Å². The molecule has 0 saturated carbocycles. The molecule has 0 saturated heterocycles. The highest BCUT2D eigenvalue weighted by Gasteiger charge is 2.18. The molecular formula is C21H27N3O3S. The lowest BCUT2D eigenvalue weighted by Gasteiger charge is -2.14. The van der Waals surface area contributed by atoms with Crippen LogP contribution in [0.2, 0.25) is 0 Å². The van der Waals surface area contributed by atoms with Crippen molar-refractivity contribution >= 4 is 17.7 Å². The average molecular weight is 402 g/mol. The van der Waals surface area contributed by atoms with Gasteiger partial charge in [0.25, 0.3) is 5.22 Å². The number of nitrogens with one attached hydrogen (secondary N) is 1. The molecule has 0 unspecified atom stereocenters. The second-order valence-corrected chi connectivity index (χ2v) is 8.03. The highest BCUT2D eigenvalue weighted by Crippen LogP contribution is 2.27. The number of benzene rings is 1. The van der Waals surface area contributed by atoms with Crippen LogP contribution in [-0.2, 0) is 4.79 Å². The van der Waals surface area contributed by atoms with Gasteiger partial charge in [0.15, 0.2) is 0 Å². The summed E-state index contributed by atoms with van der Waals surface area (Å²) in [5, 5.41) is 11.2. The number of thioether (sulfide) groups is 1. The fraction of sp³-hybridized carbons (Fsp3) is 0.476. The van der Waals surface area contributed by atoms with Crippen molar-refractivity contribution in [3.05, 3.63) is 35.9 Å². The Morgan fingerprint density at radius 2 is 2.11 bits per heavy atom. The second-order valence-electron chi connectivity index (χ2n) is 6.74. The normalized spacial score (nSPS) is 15.0. The van der Waals surface area contributed by atoms with E-state index in [0.717, 1.165) is 24.2 Å².